The number of aromatic nitrogens is 3. The van der Waals surface area contributed by atoms with Crippen LogP contribution in [0.1, 0.15) is 13.8 Å². The summed E-state index contributed by atoms with van der Waals surface area (Å²) in [7, 11) is 1.62. The van der Waals surface area contributed by atoms with Crippen LogP contribution >= 0.6 is 11.8 Å². The molecule has 1 N–H and O–H groups in total. The van der Waals surface area contributed by atoms with Gasteiger partial charge in [-0.05, 0) is 18.1 Å². The zero-order valence-corrected chi connectivity index (χ0v) is 13.8. The van der Waals surface area contributed by atoms with E-state index in [1.54, 1.807) is 13.4 Å². The Hall–Kier alpha value is -2.02. The normalized spacial score (nSPS) is 10.7. The quantitative estimate of drug-likeness (QED) is 0.792. The van der Waals surface area contributed by atoms with Crippen molar-refractivity contribution in [3.05, 3.63) is 30.6 Å². The number of para-hydroxylation sites is 2. The molecule has 0 aliphatic heterocycles. The topological polar surface area (TPSA) is 69.0 Å². The predicted octanol–water partition coefficient (Wildman–Crippen LogP) is 2.14. The van der Waals surface area contributed by atoms with Crippen LogP contribution in [0.3, 0.4) is 0 Å². The molecule has 6 nitrogen and oxygen atoms in total. The van der Waals surface area contributed by atoms with Gasteiger partial charge in [0.1, 0.15) is 12.1 Å². The third kappa shape index (κ3) is 4.24. The molecule has 0 saturated heterocycles. The third-order valence-electron chi connectivity index (χ3n) is 2.90. The molecule has 0 saturated carbocycles. The summed E-state index contributed by atoms with van der Waals surface area (Å²) in [5, 5.41) is 11.5. The van der Waals surface area contributed by atoms with Crippen LogP contribution in [0.5, 0.6) is 5.75 Å². The highest BCUT2D eigenvalue weighted by Crippen LogP contribution is 2.26. The Balaban J connectivity index is 2.05. The second-order valence-electron chi connectivity index (χ2n) is 5.14. The van der Waals surface area contributed by atoms with E-state index in [1.807, 2.05) is 28.8 Å². The molecule has 0 radical (unpaired) electrons. The van der Waals surface area contributed by atoms with Crippen LogP contribution in [0, 0.1) is 5.92 Å². The van der Waals surface area contributed by atoms with E-state index in [2.05, 4.69) is 29.4 Å². The minimum absolute atomic E-state index is 0.00623. The van der Waals surface area contributed by atoms with Crippen molar-refractivity contribution in [1.82, 2.24) is 20.1 Å². The molecule has 1 aromatic carbocycles. The number of methoxy groups -OCH3 is 1. The summed E-state index contributed by atoms with van der Waals surface area (Å²) >= 11 is 1.35. The molecular weight excluding hydrogens is 300 g/mol. The van der Waals surface area contributed by atoms with E-state index < -0.39 is 0 Å². The number of hydrogen-bond donors (Lipinski definition) is 1. The third-order valence-corrected chi connectivity index (χ3v) is 3.84. The Kier molecular flexibility index (Phi) is 5.83. The van der Waals surface area contributed by atoms with Crippen LogP contribution in [-0.4, -0.2) is 40.1 Å². The maximum absolute atomic E-state index is 11.8. The van der Waals surface area contributed by atoms with E-state index in [1.165, 1.54) is 11.8 Å². The Morgan fingerprint density at radius 1 is 1.41 bits per heavy atom. The lowest BCUT2D eigenvalue weighted by atomic mass is 10.2. The van der Waals surface area contributed by atoms with Crippen LogP contribution in [-0.2, 0) is 4.79 Å². The fourth-order valence-corrected chi connectivity index (χ4v) is 2.57. The van der Waals surface area contributed by atoms with Gasteiger partial charge >= 0.3 is 0 Å². The van der Waals surface area contributed by atoms with Crippen LogP contribution in [0.15, 0.2) is 35.7 Å². The van der Waals surface area contributed by atoms with E-state index in [0.717, 1.165) is 11.4 Å². The Labute approximate surface area is 134 Å². The van der Waals surface area contributed by atoms with Gasteiger partial charge in [0.25, 0.3) is 0 Å². The van der Waals surface area contributed by atoms with Gasteiger partial charge in [0.05, 0.1) is 18.6 Å². The van der Waals surface area contributed by atoms with Crippen molar-refractivity contribution >= 4 is 17.7 Å². The Morgan fingerprint density at radius 2 is 2.18 bits per heavy atom. The first-order chi connectivity index (χ1) is 10.6. The van der Waals surface area contributed by atoms with Gasteiger partial charge in [-0.25, -0.2) is 0 Å². The second kappa shape index (κ2) is 7.84. The van der Waals surface area contributed by atoms with Crippen molar-refractivity contribution in [3.8, 4) is 11.4 Å². The van der Waals surface area contributed by atoms with Crippen LogP contribution in [0.2, 0.25) is 0 Å². The summed E-state index contributed by atoms with van der Waals surface area (Å²) < 4.78 is 7.17. The minimum Gasteiger partial charge on any atom is -0.495 e. The number of rotatable bonds is 7. The molecule has 0 unspecified atom stereocenters. The minimum atomic E-state index is -0.00623. The van der Waals surface area contributed by atoms with Gasteiger partial charge < -0.3 is 10.1 Å². The molecule has 7 heteroatoms. The van der Waals surface area contributed by atoms with Crippen molar-refractivity contribution in [2.45, 2.75) is 19.0 Å². The average Bonchev–Trinajstić information content (AvgIpc) is 2.99. The summed E-state index contributed by atoms with van der Waals surface area (Å²) in [4.78, 5) is 11.8. The molecule has 22 heavy (non-hydrogen) atoms. The maximum atomic E-state index is 11.8. The first-order valence-electron chi connectivity index (χ1n) is 7.04. The zero-order chi connectivity index (χ0) is 15.9. The summed E-state index contributed by atoms with van der Waals surface area (Å²) in [6.45, 7) is 4.80. The molecule has 0 bridgehead atoms. The molecular formula is C15H20N4O2S. The van der Waals surface area contributed by atoms with Crippen molar-refractivity contribution in [1.29, 1.82) is 0 Å². The smallest absolute Gasteiger partial charge is 0.230 e. The number of carbonyl (C=O) groups excluding carboxylic acids is 1. The number of benzene rings is 1. The first-order valence-corrected chi connectivity index (χ1v) is 8.03. The average molecular weight is 320 g/mol. The van der Waals surface area contributed by atoms with Gasteiger partial charge in [0.2, 0.25) is 5.91 Å². The number of carbonyl (C=O) groups is 1. The van der Waals surface area contributed by atoms with Gasteiger partial charge in [-0.3, -0.25) is 9.36 Å². The molecule has 0 fully saturated rings. The van der Waals surface area contributed by atoms with Crippen LogP contribution in [0.4, 0.5) is 0 Å². The molecule has 0 spiro atoms. The number of thioether (sulfide) groups is 1. The lowest BCUT2D eigenvalue weighted by Crippen LogP contribution is -2.28. The fraction of sp³-hybridized carbons (Fsp3) is 0.400. The van der Waals surface area contributed by atoms with Gasteiger partial charge in [0, 0.05) is 6.54 Å². The van der Waals surface area contributed by atoms with Gasteiger partial charge in [-0.2, -0.15) is 0 Å². The van der Waals surface area contributed by atoms with Gasteiger partial charge in [0.15, 0.2) is 5.16 Å². The van der Waals surface area contributed by atoms with E-state index in [0.29, 0.717) is 23.4 Å². The highest BCUT2D eigenvalue weighted by Gasteiger charge is 2.13. The molecule has 1 aromatic heterocycles. The first kappa shape index (κ1) is 16.4. The summed E-state index contributed by atoms with van der Waals surface area (Å²) in [5.74, 6) is 1.47. The van der Waals surface area contributed by atoms with E-state index in [-0.39, 0.29) is 5.91 Å². The summed E-state index contributed by atoms with van der Waals surface area (Å²) in [6, 6.07) is 7.62. The molecule has 1 amide bonds. The van der Waals surface area contributed by atoms with Gasteiger partial charge in [-0.1, -0.05) is 37.7 Å². The van der Waals surface area contributed by atoms with Crippen molar-refractivity contribution in [2.24, 2.45) is 5.92 Å². The molecule has 2 aromatic rings. The number of amides is 1. The van der Waals surface area contributed by atoms with E-state index in [4.69, 9.17) is 4.74 Å². The highest BCUT2D eigenvalue weighted by atomic mass is 32.2. The van der Waals surface area contributed by atoms with E-state index >= 15 is 0 Å². The Morgan fingerprint density at radius 3 is 2.91 bits per heavy atom. The molecule has 1 heterocycles. The number of nitrogens with zero attached hydrogens (tertiary/aromatic N) is 3. The maximum Gasteiger partial charge on any atom is 0.230 e. The second-order valence-corrected chi connectivity index (χ2v) is 6.08. The Bertz CT molecular complexity index is 628. The zero-order valence-electron chi connectivity index (χ0n) is 12.9. The highest BCUT2D eigenvalue weighted by molar-refractivity contribution is 7.99. The van der Waals surface area contributed by atoms with Crippen molar-refractivity contribution in [2.75, 3.05) is 19.4 Å². The molecule has 0 aliphatic rings. The van der Waals surface area contributed by atoms with Gasteiger partial charge in [-0.15, -0.1) is 10.2 Å². The monoisotopic (exact) mass is 320 g/mol. The molecule has 118 valence electrons. The standard InChI is InChI=1S/C15H20N4O2S/c1-11(2)8-16-14(20)9-22-15-18-17-10-19(15)12-6-4-5-7-13(12)21-3/h4-7,10-11H,8-9H2,1-3H3,(H,16,20). The van der Waals surface area contributed by atoms with Crippen LogP contribution < -0.4 is 10.1 Å². The van der Waals surface area contributed by atoms with Crippen LogP contribution in [0.25, 0.3) is 5.69 Å². The SMILES string of the molecule is COc1ccccc1-n1cnnc1SCC(=O)NCC(C)C. The number of ether oxygens (including phenoxy) is 1. The molecule has 0 atom stereocenters. The number of nitrogens with one attached hydrogen (secondary N) is 1. The summed E-state index contributed by atoms with van der Waals surface area (Å²) in [6.07, 6.45) is 1.62. The predicted molar refractivity (Wildman–Crippen MR) is 86.5 cm³/mol. The summed E-state index contributed by atoms with van der Waals surface area (Å²) in [5.41, 5.74) is 0.847. The molecule has 2 rings (SSSR count). The number of hydrogen-bond acceptors (Lipinski definition) is 5. The largest absolute Gasteiger partial charge is 0.495 e. The molecule has 0 aliphatic carbocycles. The van der Waals surface area contributed by atoms with Crippen molar-refractivity contribution < 1.29 is 9.53 Å². The lowest BCUT2D eigenvalue weighted by Gasteiger charge is -2.11. The lowest BCUT2D eigenvalue weighted by molar-refractivity contribution is -0.118. The van der Waals surface area contributed by atoms with E-state index in [9.17, 15) is 4.79 Å². The fourth-order valence-electron chi connectivity index (χ4n) is 1.82. The van der Waals surface area contributed by atoms with Crippen molar-refractivity contribution in [3.63, 3.8) is 0 Å².